The van der Waals surface area contributed by atoms with E-state index in [1.807, 2.05) is 35.0 Å². The molecule has 0 spiro atoms. The van der Waals surface area contributed by atoms with Gasteiger partial charge in [-0.2, -0.15) is 0 Å². The fraction of sp³-hybridized carbons (Fsp3) is 0. The van der Waals surface area contributed by atoms with E-state index >= 15 is 0 Å². The summed E-state index contributed by atoms with van der Waals surface area (Å²) in [5.74, 6) is 0. The van der Waals surface area contributed by atoms with Crippen LogP contribution in [0.25, 0.3) is 0 Å². The van der Waals surface area contributed by atoms with Gasteiger partial charge in [-0.15, -0.1) is 0 Å². The molecule has 0 bridgehead atoms. The maximum atomic E-state index is 11.9. The van der Waals surface area contributed by atoms with Gasteiger partial charge in [-0.05, 0) is 0 Å². The summed E-state index contributed by atoms with van der Waals surface area (Å²) < 4.78 is 14.1. The molecule has 0 saturated heterocycles. The molecule has 0 aliphatic heterocycles. The molecule has 2 heterocycles. The summed E-state index contributed by atoms with van der Waals surface area (Å²) in [6.07, 6.45) is 0. The van der Waals surface area contributed by atoms with Crippen molar-refractivity contribution < 1.29 is 3.08 Å². The monoisotopic (exact) mass is 302 g/mol. The molecular weight excluding hydrogens is 295 g/mol. The standard InChI is InChI=1S/2C4H3S.O.Sn/c2*1-2-4-5-3-1;;/h2*1-3H;;. The Kier molecular flexibility index (Phi) is 2.72. The van der Waals surface area contributed by atoms with Crippen LogP contribution < -0.4 is 5.79 Å². The molecule has 2 aromatic rings. The normalized spacial score (nSPS) is 10.0. The van der Waals surface area contributed by atoms with Crippen LogP contribution in [0.2, 0.25) is 0 Å². The van der Waals surface area contributed by atoms with Crippen molar-refractivity contribution in [2.45, 2.75) is 0 Å². The van der Waals surface area contributed by atoms with Gasteiger partial charge in [0, 0.05) is 0 Å². The van der Waals surface area contributed by atoms with Crippen molar-refractivity contribution in [3.05, 3.63) is 35.0 Å². The zero-order chi connectivity index (χ0) is 8.39. The molecule has 1 nitrogen and oxygen atoms in total. The average Bonchev–Trinajstić information content (AvgIpc) is 2.77. The summed E-state index contributed by atoms with van der Waals surface area (Å²) >= 11 is 0.623. The van der Waals surface area contributed by atoms with Crippen molar-refractivity contribution in [1.29, 1.82) is 0 Å². The van der Waals surface area contributed by atoms with Gasteiger partial charge in [0.05, 0.1) is 0 Å². The van der Waals surface area contributed by atoms with E-state index in [9.17, 15) is 3.08 Å². The first kappa shape index (κ1) is 8.59. The summed E-state index contributed by atoms with van der Waals surface area (Å²) in [4.78, 5) is 0. The predicted octanol–water partition coefficient (Wildman–Crippen LogP) is 1.35. The van der Waals surface area contributed by atoms with Gasteiger partial charge in [0.15, 0.2) is 0 Å². The van der Waals surface area contributed by atoms with Crippen molar-refractivity contribution in [3.8, 4) is 0 Å². The second kappa shape index (κ2) is 3.81. The fourth-order valence-electron chi connectivity index (χ4n) is 0.937. The van der Waals surface area contributed by atoms with Crippen molar-refractivity contribution in [1.82, 2.24) is 0 Å². The molecule has 0 atom stereocenters. The minimum absolute atomic E-state index is 1.10. The van der Waals surface area contributed by atoms with Crippen LogP contribution in [0, 0.1) is 0 Å². The molecule has 4 heteroatoms. The van der Waals surface area contributed by atoms with Crippen LogP contribution in [0.5, 0.6) is 0 Å². The first-order valence-electron chi connectivity index (χ1n) is 3.49. The van der Waals surface area contributed by atoms with E-state index in [1.165, 1.54) is 0 Å². The second-order valence-electron chi connectivity index (χ2n) is 2.28. The second-order valence-corrected chi connectivity index (χ2v) is 11.2. The van der Waals surface area contributed by atoms with Crippen LogP contribution in [0.3, 0.4) is 0 Å². The third kappa shape index (κ3) is 1.67. The topological polar surface area (TPSA) is 17.1 Å². The van der Waals surface area contributed by atoms with Crippen LogP contribution in [-0.2, 0) is 3.08 Å². The maximum absolute atomic E-state index is 11.9. The first-order chi connectivity index (χ1) is 5.88. The molecule has 2 aromatic heterocycles. The van der Waals surface area contributed by atoms with Crippen molar-refractivity contribution in [2.75, 3.05) is 0 Å². The minimum atomic E-state index is -2.60. The zero-order valence-corrected chi connectivity index (χ0v) is 10.7. The van der Waals surface area contributed by atoms with Gasteiger partial charge in [0.2, 0.25) is 0 Å². The van der Waals surface area contributed by atoms with Gasteiger partial charge in [0.25, 0.3) is 0 Å². The van der Waals surface area contributed by atoms with Gasteiger partial charge in [0.1, 0.15) is 0 Å². The van der Waals surface area contributed by atoms with E-state index in [-0.39, 0.29) is 0 Å². The molecule has 0 N–H and O–H groups in total. The van der Waals surface area contributed by atoms with Crippen molar-refractivity contribution >= 4 is 48.2 Å². The Hall–Kier alpha value is -0.00130. The summed E-state index contributed by atoms with van der Waals surface area (Å²) in [5, 5.41) is 3.98. The van der Waals surface area contributed by atoms with Crippen LogP contribution in [0.1, 0.15) is 0 Å². The van der Waals surface area contributed by atoms with E-state index in [4.69, 9.17) is 0 Å². The van der Waals surface area contributed by atoms with E-state index in [0.29, 0.717) is 0 Å². The van der Waals surface area contributed by atoms with Gasteiger partial charge < -0.3 is 0 Å². The zero-order valence-electron chi connectivity index (χ0n) is 6.19. The number of rotatable bonds is 2. The third-order valence-corrected chi connectivity index (χ3v) is 10.9. The Morgan fingerprint density at radius 2 is 1.50 bits per heavy atom. The van der Waals surface area contributed by atoms with E-state index < -0.39 is 19.7 Å². The molecular formula is C8H6OS2Sn. The summed E-state index contributed by atoms with van der Waals surface area (Å²) in [6, 6.07) is 7.89. The summed E-state index contributed by atoms with van der Waals surface area (Å²) in [7, 11) is 0. The number of hydrogen-bond donors (Lipinski definition) is 0. The van der Waals surface area contributed by atoms with E-state index in [1.54, 1.807) is 22.7 Å². The molecule has 0 aromatic carbocycles. The molecule has 0 fully saturated rings. The van der Waals surface area contributed by atoms with Gasteiger partial charge in [-0.3, -0.25) is 0 Å². The van der Waals surface area contributed by atoms with Crippen molar-refractivity contribution in [2.24, 2.45) is 0 Å². The van der Waals surface area contributed by atoms with Crippen LogP contribution in [-0.4, -0.2) is 19.7 Å². The molecule has 0 amide bonds. The van der Waals surface area contributed by atoms with Crippen LogP contribution >= 0.6 is 22.7 Å². The predicted molar refractivity (Wildman–Crippen MR) is 54.3 cm³/mol. The Morgan fingerprint density at radius 3 is 1.83 bits per heavy atom. The van der Waals surface area contributed by atoms with Crippen LogP contribution in [0.15, 0.2) is 35.0 Å². The third-order valence-electron chi connectivity index (χ3n) is 1.49. The molecule has 0 unspecified atom stereocenters. The van der Waals surface area contributed by atoms with E-state index in [2.05, 4.69) is 0 Å². The molecule has 0 radical (unpaired) electrons. The van der Waals surface area contributed by atoms with Crippen LogP contribution in [0.4, 0.5) is 0 Å². The fourth-order valence-corrected chi connectivity index (χ4v) is 9.09. The van der Waals surface area contributed by atoms with Gasteiger partial charge in [-0.25, -0.2) is 0 Å². The Balaban J connectivity index is 2.34. The number of hydrogen-bond acceptors (Lipinski definition) is 3. The Labute approximate surface area is 85.8 Å². The average molecular weight is 301 g/mol. The van der Waals surface area contributed by atoms with Crippen molar-refractivity contribution in [3.63, 3.8) is 0 Å². The molecule has 12 heavy (non-hydrogen) atoms. The Bertz CT molecular complexity index is 327. The van der Waals surface area contributed by atoms with Gasteiger partial charge >= 0.3 is 86.3 Å². The molecule has 2 rings (SSSR count). The SMILES string of the molecule is [O]=[Sn]([c]1cccs1)[c]1cccs1. The molecule has 0 saturated carbocycles. The number of thiophene rings is 2. The Morgan fingerprint density at radius 1 is 1.00 bits per heavy atom. The summed E-state index contributed by atoms with van der Waals surface area (Å²) in [6.45, 7) is 0. The first-order valence-corrected chi connectivity index (χ1v) is 9.27. The molecule has 0 aliphatic rings. The molecule has 0 aliphatic carbocycles. The van der Waals surface area contributed by atoms with E-state index in [0.717, 1.165) is 5.79 Å². The summed E-state index contributed by atoms with van der Waals surface area (Å²) in [5.41, 5.74) is 0. The molecule has 60 valence electrons. The quantitative estimate of drug-likeness (QED) is 0.765. The van der Waals surface area contributed by atoms with Gasteiger partial charge in [-0.1, -0.05) is 0 Å².